The molecule has 2 N–H and O–H groups in total. The molecule has 2 atom stereocenters. The fourth-order valence-corrected chi connectivity index (χ4v) is 8.95. The van der Waals surface area contributed by atoms with Crippen molar-refractivity contribution in [3.63, 3.8) is 0 Å². The summed E-state index contributed by atoms with van der Waals surface area (Å²) in [5.74, 6) is -3.33. The molecule has 0 radical (unpaired) electrons. The van der Waals surface area contributed by atoms with Crippen molar-refractivity contribution < 1.29 is 37.4 Å². The molecule has 17 heteroatoms. The average molecular weight is 836 g/mol. The lowest BCUT2D eigenvalue weighted by Gasteiger charge is -2.42. The number of fused-ring (bicyclic) bond motifs is 7. The number of benzene rings is 2. The number of aryl methyl sites for hydroxylation is 2. The average Bonchev–Trinajstić information content (AvgIpc) is 3.75. The minimum Gasteiger partial charge on any atom is -0.487 e. The van der Waals surface area contributed by atoms with Crippen LogP contribution in [0.4, 0.5) is 25.8 Å². The summed E-state index contributed by atoms with van der Waals surface area (Å²) in [6.45, 7) is 7.11. The Balaban J connectivity index is 0.836. The van der Waals surface area contributed by atoms with Gasteiger partial charge in [-0.3, -0.25) is 29.5 Å². The van der Waals surface area contributed by atoms with E-state index in [1.54, 1.807) is 27.9 Å². The lowest BCUT2D eigenvalue weighted by atomic mass is 9.89. The molecule has 0 saturated carbocycles. The first-order valence-corrected chi connectivity index (χ1v) is 20.9. The number of hydrogen-bond donors (Lipinski definition) is 2. The number of pyridine rings is 1. The van der Waals surface area contributed by atoms with Crippen LogP contribution in [0.15, 0.2) is 53.7 Å². The number of nitrogens with one attached hydrogen (secondary N) is 2. The molecule has 0 spiro atoms. The number of ether oxygens (including phenoxy) is 2. The van der Waals surface area contributed by atoms with E-state index in [0.717, 1.165) is 47.6 Å². The van der Waals surface area contributed by atoms with E-state index in [1.807, 2.05) is 26.1 Å². The first-order chi connectivity index (χ1) is 29.4. The van der Waals surface area contributed by atoms with E-state index >= 15 is 8.78 Å². The highest BCUT2D eigenvalue weighted by Gasteiger charge is 2.39. The van der Waals surface area contributed by atoms with E-state index in [0.29, 0.717) is 81.0 Å². The molecule has 0 aliphatic carbocycles. The van der Waals surface area contributed by atoms with Gasteiger partial charge in [-0.15, -0.1) is 0 Å². The molecular formula is C44H47F2N9O6. The monoisotopic (exact) mass is 835 g/mol. The maximum atomic E-state index is 15.0. The van der Waals surface area contributed by atoms with Crippen molar-refractivity contribution >= 4 is 46.7 Å². The number of nitrogens with zero attached hydrogens (tertiary/aromatic N) is 7. The van der Waals surface area contributed by atoms with Gasteiger partial charge >= 0.3 is 0 Å². The van der Waals surface area contributed by atoms with E-state index < -0.39 is 41.4 Å². The zero-order valence-corrected chi connectivity index (χ0v) is 34.2. The predicted octanol–water partition coefficient (Wildman–Crippen LogP) is 5.33. The maximum Gasteiger partial charge on any atom is 0.280 e. The Morgan fingerprint density at radius 1 is 0.951 bits per heavy atom. The van der Waals surface area contributed by atoms with E-state index in [-0.39, 0.29) is 41.9 Å². The Hall–Kier alpha value is -6.39. The molecule has 2 aromatic heterocycles. The minimum atomic E-state index is -1.09. The third-order valence-corrected chi connectivity index (χ3v) is 12.2. The van der Waals surface area contributed by atoms with Gasteiger partial charge in [0.1, 0.15) is 23.5 Å². The van der Waals surface area contributed by atoms with Gasteiger partial charge < -0.3 is 29.5 Å². The highest BCUT2D eigenvalue weighted by atomic mass is 19.1. The minimum absolute atomic E-state index is 0.00460. The molecule has 3 fully saturated rings. The SMILES string of the molecule is Cc1cc2cc(n1)-c1cnn(C)c1OCCC[C@@H](C)CN1/C(=N/C2=O)Nc2ccc(N3CCC(C(=O)N4CC(Oc5cc(F)c([C@H]6CCC(=O)NC6=O)c(F)c5)C4)CC3)cc21. The molecule has 2 bridgehead atoms. The smallest absolute Gasteiger partial charge is 0.280 e. The molecule has 4 aromatic rings. The Bertz CT molecular complexity index is 2440. The van der Waals surface area contributed by atoms with E-state index in [9.17, 15) is 19.2 Å². The zero-order chi connectivity index (χ0) is 42.5. The van der Waals surface area contributed by atoms with Crippen molar-refractivity contribution in [3.05, 3.63) is 77.1 Å². The molecule has 0 unspecified atom stereocenters. The first kappa shape index (κ1) is 40.0. The standard InChI is InChI=1S/C44H47F2N9O6/c1-24-5-4-14-60-43-32(20-47-52(43)3)36-16-27(15-25(2)48-36)40(57)51-44-49-35-8-6-28(17-37(35)55(44)21-24)53-12-10-26(11-13-53)42(59)54-22-30(23-54)61-29-18-33(45)39(34(46)19-29)31-7-9-38(56)50-41(31)58/h6,8,15-20,24,26,30-31H,4-5,7,9-14,21-23H2,1-3H3,(H,49,51,57)(H,50,56,58)/t24-,31-/m1/s1. The summed E-state index contributed by atoms with van der Waals surface area (Å²) in [4.78, 5) is 66.5. The Kier molecular flexibility index (Phi) is 10.7. The molecule has 4 amide bonds. The Morgan fingerprint density at radius 3 is 2.48 bits per heavy atom. The molecule has 5 aliphatic heterocycles. The Morgan fingerprint density at radius 2 is 1.72 bits per heavy atom. The van der Waals surface area contributed by atoms with Gasteiger partial charge in [0.25, 0.3) is 5.91 Å². The second-order valence-electron chi connectivity index (χ2n) is 16.7. The number of aliphatic imine (C=N–C) groups is 1. The van der Waals surface area contributed by atoms with Gasteiger partial charge in [0.2, 0.25) is 29.6 Å². The molecule has 318 valence electrons. The van der Waals surface area contributed by atoms with Crippen LogP contribution in [-0.2, 0) is 21.4 Å². The van der Waals surface area contributed by atoms with Crippen molar-refractivity contribution in [1.29, 1.82) is 0 Å². The molecule has 7 heterocycles. The number of amides is 4. The van der Waals surface area contributed by atoms with E-state index in [1.165, 1.54) is 0 Å². The number of imide groups is 1. The van der Waals surface area contributed by atoms with Gasteiger partial charge in [-0.05, 0) is 75.3 Å². The lowest BCUT2D eigenvalue weighted by molar-refractivity contribution is -0.145. The summed E-state index contributed by atoms with van der Waals surface area (Å²) in [5, 5.41) is 9.93. The van der Waals surface area contributed by atoms with E-state index in [2.05, 4.69) is 48.5 Å². The van der Waals surface area contributed by atoms with Gasteiger partial charge in [0.05, 0.1) is 54.4 Å². The highest BCUT2D eigenvalue weighted by molar-refractivity contribution is 6.19. The number of likely N-dealkylation sites (tertiary alicyclic amines) is 1. The molecule has 9 rings (SSSR count). The van der Waals surface area contributed by atoms with Crippen LogP contribution in [0.25, 0.3) is 11.3 Å². The fourth-order valence-electron chi connectivity index (χ4n) is 8.95. The van der Waals surface area contributed by atoms with Crippen molar-refractivity contribution in [2.75, 3.05) is 54.4 Å². The van der Waals surface area contributed by atoms with Crippen molar-refractivity contribution in [2.24, 2.45) is 23.9 Å². The van der Waals surface area contributed by atoms with Crippen LogP contribution in [0, 0.1) is 30.4 Å². The second kappa shape index (κ2) is 16.2. The second-order valence-corrected chi connectivity index (χ2v) is 16.7. The maximum absolute atomic E-state index is 15.0. The molecular weight excluding hydrogens is 789 g/mol. The van der Waals surface area contributed by atoms with Crippen LogP contribution in [0.2, 0.25) is 0 Å². The van der Waals surface area contributed by atoms with Gasteiger partial charge in [-0.2, -0.15) is 10.1 Å². The summed E-state index contributed by atoms with van der Waals surface area (Å²) in [7, 11) is 1.82. The topological polar surface area (TPSA) is 164 Å². The van der Waals surface area contributed by atoms with Gasteiger partial charge in [0.15, 0.2) is 0 Å². The number of halogens is 2. The molecule has 2 aromatic carbocycles. The lowest BCUT2D eigenvalue weighted by Crippen LogP contribution is -2.58. The third-order valence-electron chi connectivity index (χ3n) is 12.2. The normalized spacial score (nSPS) is 22.0. The summed E-state index contributed by atoms with van der Waals surface area (Å²) in [5.41, 5.74) is 4.81. The van der Waals surface area contributed by atoms with Crippen LogP contribution < -0.4 is 29.9 Å². The Labute approximate surface area is 351 Å². The number of anilines is 3. The van der Waals surface area contributed by atoms with Crippen LogP contribution in [0.5, 0.6) is 11.6 Å². The third kappa shape index (κ3) is 8.00. The fraction of sp³-hybridized carbons (Fsp3) is 0.432. The molecule has 15 nitrogen and oxygen atoms in total. The quantitative estimate of drug-likeness (QED) is 0.250. The van der Waals surface area contributed by atoms with Crippen molar-refractivity contribution in [2.45, 2.75) is 64.4 Å². The number of piperidine rings is 2. The number of aromatic nitrogens is 3. The zero-order valence-electron chi connectivity index (χ0n) is 34.2. The van der Waals surface area contributed by atoms with Gasteiger partial charge in [0, 0.05) is 73.7 Å². The highest BCUT2D eigenvalue weighted by Crippen LogP contribution is 2.39. The number of carbonyl (C=O) groups is 4. The number of hydrogen-bond acceptors (Lipinski definition) is 11. The van der Waals surface area contributed by atoms with Crippen molar-refractivity contribution in [1.82, 2.24) is 25.0 Å². The summed E-state index contributed by atoms with van der Waals surface area (Å²) in [6.07, 6.45) is 4.33. The van der Waals surface area contributed by atoms with Crippen molar-refractivity contribution in [3.8, 4) is 22.9 Å². The van der Waals surface area contributed by atoms with Crippen LogP contribution in [0.1, 0.15) is 73.0 Å². The van der Waals surface area contributed by atoms with E-state index in [4.69, 9.17) is 9.47 Å². The largest absolute Gasteiger partial charge is 0.487 e. The molecule has 61 heavy (non-hydrogen) atoms. The predicted molar refractivity (Wildman–Crippen MR) is 222 cm³/mol. The van der Waals surface area contributed by atoms with Gasteiger partial charge in [-0.1, -0.05) is 6.92 Å². The van der Waals surface area contributed by atoms with Crippen LogP contribution in [-0.4, -0.2) is 94.7 Å². The number of rotatable bonds is 5. The molecule has 5 aliphatic rings. The van der Waals surface area contributed by atoms with Crippen LogP contribution >= 0.6 is 0 Å². The summed E-state index contributed by atoms with van der Waals surface area (Å²) in [6, 6.07) is 11.8. The first-order valence-electron chi connectivity index (χ1n) is 20.9. The van der Waals surface area contributed by atoms with Crippen LogP contribution in [0.3, 0.4) is 0 Å². The number of guanidine groups is 1. The summed E-state index contributed by atoms with van der Waals surface area (Å²) >= 11 is 0. The molecule has 3 saturated heterocycles. The summed E-state index contributed by atoms with van der Waals surface area (Å²) < 4.78 is 43.8. The van der Waals surface area contributed by atoms with Gasteiger partial charge in [-0.25, -0.2) is 13.5 Å². The number of carbonyl (C=O) groups excluding carboxylic acids is 4.